The largest absolute Gasteiger partial charge is 0.494 e. The monoisotopic (exact) mass is 633 g/mol. The molecule has 1 aliphatic rings. The van der Waals surface area contributed by atoms with Crippen molar-refractivity contribution in [2.45, 2.75) is 181 Å². The SMILES string of the molecule is CCCCCCCCCCCCCCCOc1ccc2c(c1)C(=O)c1cc(OCCCCCCCCCCCCCCC)ccc1-2. The van der Waals surface area contributed by atoms with Gasteiger partial charge in [0, 0.05) is 11.1 Å². The second-order valence-electron chi connectivity index (χ2n) is 13.9. The highest BCUT2D eigenvalue weighted by atomic mass is 16.5. The van der Waals surface area contributed by atoms with Crippen molar-refractivity contribution in [3.63, 3.8) is 0 Å². The average Bonchev–Trinajstić information content (AvgIpc) is 3.35. The summed E-state index contributed by atoms with van der Waals surface area (Å²) < 4.78 is 12.1. The van der Waals surface area contributed by atoms with Crippen LogP contribution in [0.5, 0.6) is 11.5 Å². The van der Waals surface area contributed by atoms with Crippen LogP contribution < -0.4 is 9.47 Å². The van der Waals surface area contributed by atoms with Crippen LogP contribution in [0.2, 0.25) is 0 Å². The predicted octanol–water partition coefficient (Wildman–Crippen LogP) is 13.8. The first-order chi connectivity index (χ1) is 22.7. The van der Waals surface area contributed by atoms with Gasteiger partial charge in [0.1, 0.15) is 11.5 Å². The summed E-state index contributed by atoms with van der Waals surface area (Å²) in [6.07, 6.45) is 35.0. The Morgan fingerprint density at radius 1 is 0.370 bits per heavy atom. The summed E-state index contributed by atoms with van der Waals surface area (Å²) in [5.41, 5.74) is 3.53. The molecule has 0 unspecified atom stereocenters. The van der Waals surface area contributed by atoms with E-state index in [-0.39, 0.29) is 5.78 Å². The summed E-state index contributed by atoms with van der Waals surface area (Å²) in [4.78, 5) is 13.3. The van der Waals surface area contributed by atoms with Crippen molar-refractivity contribution in [3.8, 4) is 22.6 Å². The van der Waals surface area contributed by atoms with Gasteiger partial charge in [0.05, 0.1) is 13.2 Å². The Bertz CT molecular complexity index is 990. The van der Waals surface area contributed by atoms with E-state index in [0.717, 1.165) is 59.8 Å². The Labute approximate surface area is 283 Å². The third-order valence-corrected chi connectivity index (χ3v) is 9.79. The summed E-state index contributed by atoms with van der Waals surface area (Å²) >= 11 is 0. The molecule has 0 aromatic heterocycles. The smallest absolute Gasteiger partial charge is 0.194 e. The molecule has 0 radical (unpaired) electrons. The molecule has 0 amide bonds. The molecule has 0 saturated heterocycles. The number of hydrogen-bond acceptors (Lipinski definition) is 3. The fourth-order valence-corrected chi connectivity index (χ4v) is 6.84. The van der Waals surface area contributed by atoms with Gasteiger partial charge >= 0.3 is 0 Å². The Hall–Kier alpha value is -2.29. The molecule has 0 N–H and O–H groups in total. The highest BCUT2D eigenvalue weighted by Gasteiger charge is 2.27. The number of benzene rings is 2. The third kappa shape index (κ3) is 15.1. The minimum Gasteiger partial charge on any atom is -0.494 e. The molecule has 0 heterocycles. The average molecular weight is 633 g/mol. The summed E-state index contributed by atoms with van der Waals surface area (Å²) in [5, 5.41) is 0. The van der Waals surface area contributed by atoms with Crippen LogP contribution in [0.4, 0.5) is 0 Å². The van der Waals surface area contributed by atoms with Gasteiger partial charge in [-0.1, -0.05) is 168 Å². The van der Waals surface area contributed by atoms with Crippen LogP contribution in [0.3, 0.4) is 0 Å². The van der Waals surface area contributed by atoms with Crippen LogP contribution in [0.1, 0.15) is 197 Å². The van der Waals surface area contributed by atoms with Crippen molar-refractivity contribution >= 4 is 5.78 Å². The fourth-order valence-electron chi connectivity index (χ4n) is 6.84. The first-order valence-corrected chi connectivity index (χ1v) is 19.8. The number of unbranched alkanes of at least 4 members (excludes halogenated alkanes) is 24. The molecule has 3 rings (SSSR count). The van der Waals surface area contributed by atoms with Gasteiger partial charge in [-0.25, -0.2) is 0 Å². The molecule has 0 spiro atoms. The lowest BCUT2D eigenvalue weighted by atomic mass is 10.0. The fraction of sp³-hybridized carbons (Fsp3) is 0.698. The molecule has 0 bridgehead atoms. The Balaban J connectivity index is 1.22. The van der Waals surface area contributed by atoms with Crippen molar-refractivity contribution in [1.29, 1.82) is 0 Å². The first kappa shape index (κ1) is 38.2. The highest BCUT2D eigenvalue weighted by Crippen LogP contribution is 2.40. The number of rotatable bonds is 30. The molecule has 3 nitrogen and oxygen atoms in total. The van der Waals surface area contributed by atoms with E-state index in [2.05, 4.69) is 13.8 Å². The molecule has 0 atom stereocenters. The van der Waals surface area contributed by atoms with Gasteiger partial charge < -0.3 is 9.47 Å². The number of carbonyl (C=O) groups excluding carboxylic acids is 1. The topological polar surface area (TPSA) is 35.5 Å². The number of ketones is 1. The van der Waals surface area contributed by atoms with Crippen LogP contribution in [-0.2, 0) is 0 Å². The van der Waals surface area contributed by atoms with Gasteiger partial charge in [-0.3, -0.25) is 4.79 Å². The lowest BCUT2D eigenvalue weighted by molar-refractivity contribution is 0.104. The lowest BCUT2D eigenvalue weighted by Crippen LogP contribution is -2.01. The molecule has 0 fully saturated rings. The Kier molecular flexibility index (Phi) is 20.6. The van der Waals surface area contributed by atoms with Crippen molar-refractivity contribution in [2.24, 2.45) is 0 Å². The summed E-state index contributed by atoms with van der Waals surface area (Å²) in [6, 6.07) is 12.0. The van der Waals surface area contributed by atoms with Crippen molar-refractivity contribution in [2.75, 3.05) is 13.2 Å². The van der Waals surface area contributed by atoms with Crippen LogP contribution >= 0.6 is 0 Å². The molecule has 0 saturated carbocycles. The molecule has 46 heavy (non-hydrogen) atoms. The zero-order valence-corrected chi connectivity index (χ0v) is 30.0. The van der Waals surface area contributed by atoms with Crippen molar-refractivity contribution in [1.82, 2.24) is 0 Å². The highest BCUT2D eigenvalue weighted by molar-refractivity contribution is 6.22. The lowest BCUT2D eigenvalue weighted by Gasteiger charge is -2.08. The molecule has 0 aliphatic heterocycles. The van der Waals surface area contributed by atoms with Gasteiger partial charge in [-0.15, -0.1) is 0 Å². The second-order valence-corrected chi connectivity index (χ2v) is 13.9. The predicted molar refractivity (Wildman–Crippen MR) is 198 cm³/mol. The molecule has 258 valence electrons. The number of hydrogen-bond donors (Lipinski definition) is 0. The van der Waals surface area contributed by atoms with Gasteiger partial charge in [0.15, 0.2) is 5.78 Å². The number of fused-ring (bicyclic) bond motifs is 3. The van der Waals surface area contributed by atoms with Crippen LogP contribution in [0.25, 0.3) is 11.1 Å². The molecule has 2 aromatic carbocycles. The van der Waals surface area contributed by atoms with Gasteiger partial charge in [-0.2, -0.15) is 0 Å². The van der Waals surface area contributed by atoms with E-state index in [1.54, 1.807) is 0 Å². The van der Waals surface area contributed by atoms with E-state index in [1.807, 2.05) is 36.4 Å². The summed E-state index contributed by atoms with van der Waals surface area (Å²) in [7, 11) is 0. The second kappa shape index (κ2) is 24.8. The van der Waals surface area contributed by atoms with Gasteiger partial charge in [0.2, 0.25) is 0 Å². The third-order valence-electron chi connectivity index (χ3n) is 9.79. The standard InChI is InChI=1S/C43H68O3/c1-3-5-7-9-11-13-15-17-19-21-23-25-27-33-45-37-29-31-39-40-32-30-38(36-42(40)43(44)41(39)35-37)46-34-28-26-24-22-20-18-16-14-12-10-8-6-4-2/h29-32,35-36H,3-28,33-34H2,1-2H3. The zero-order valence-electron chi connectivity index (χ0n) is 30.0. The van der Waals surface area contributed by atoms with E-state index < -0.39 is 0 Å². The zero-order chi connectivity index (χ0) is 32.5. The maximum atomic E-state index is 13.3. The van der Waals surface area contributed by atoms with Gasteiger partial charge in [0.25, 0.3) is 0 Å². The van der Waals surface area contributed by atoms with E-state index in [1.165, 1.54) is 154 Å². The minimum atomic E-state index is 0.0859. The molecule has 2 aromatic rings. The maximum Gasteiger partial charge on any atom is 0.194 e. The number of carbonyl (C=O) groups is 1. The molecular formula is C43H68O3. The van der Waals surface area contributed by atoms with Crippen LogP contribution in [-0.4, -0.2) is 19.0 Å². The van der Waals surface area contributed by atoms with E-state index in [4.69, 9.17) is 9.47 Å². The van der Waals surface area contributed by atoms with Crippen LogP contribution in [0.15, 0.2) is 36.4 Å². The molecular weight excluding hydrogens is 564 g/mol. The molecule has 1 aliphatic carbocycles. The van der Waals surface area contributed by atoms with Crippen molar-refractivity contribution in [3.05, 3.63) is 47.5 Å². The Morgan fingerprint density at radius 3 is 0.957 bits per heavy atom. The van der Waals surface area contributed by atoms with Crippen molar-refractivity contribution < 1.29 is 14.3 Å². The maximum absolute atomic E-state index is 13.3. The molecule has 3 heteroatoms. The normalized spacial score (nSPS) is 12.0. The van der Waals surface area contributed by atoms with E-state index in [0.29, 0.717) is 0 Å². The first-order valence-electron chi connectivity index (χ1n) is 19.8. The summed E-state index contributed by atoms with van der Waals surface area (Å²) in [6.45, 7) is 6.00. The minimum absolute atomic E-state index is 0.0859. The Morgan fingerprint density at radius 2 is 0.652 bits per heavy atom. The number of ether oxygens (including phenoxy) is 2. The van der Waals surface area contributed by atoms with E-state index >= 15 is 0 Å². The summed E-state index contributed by atoms with van der Waals surface area (Å²) in [5.74, 6) is 1.69. The van der Waals surface area contributed by atoms with Crippen LogP contribution in [0, 0.1) is 0 Å². The van der Waals surface area contributed by atoms with Gasteiger partial charge in [-0.05, 0) is 60.4 Å². The van der Waals surface area contributed by atoms with E-state index in [9.17, 15) is 4.79 Å². The quantitative estimate of drug-likeness (QED) is 0.0686.